The van der Waals surface area contributed by atoms with Crippen molar-refractivity contribution in [1.82, 2.24) is 9.78 Å². The second-order valence-electron chi connectivity index (χ2n) is 4.25. The third-order valence-electron chi connectivity index (χ3n) is 2.99. The van der Waals surface area contributed by atoms with E-state index in [0.29, 0.717) is 0 Å². The molecule has 0 bridgehead atoms. The Balaban J connectivity index is 2.67. The van der Waals surface area contributed by atoms with Crippen molar-refractivity contribution in [3.8, 4) is 0 Å². The summed E-state index contributed by atoms with van der Waals surface area (Å²) in [6, 6.07) is 0. The van der Waals surface area contributed by atoms with Crippen molar-refractivity contribution >= 4 is 0 Å². The Morgan fingerprint density at radius 1 is 1.50 bits per heavy atom. The zero-order chi connectivity index (χ0) is 10.6. The van der Waals surface area contributed by atoms with E-state index in [2.05, 4.69) is 32.1 Å². The molecule has 1 aromatic heterocycles. The third-order valence-corrected chi connectivity index (χ3v) is 2.99. The highest BCUT2D eigenvalue weighted by Crippen LogP contribution is 2.24. The van der Waals surface area contributed by atoms with Crippen LogP contribution in [0.25, 0.3) is 0 Å². The van der Waals surface area contributed by atoms with E-state index in [9.17, 15) is 0 Å². The maximum atomic E-state index is 5.78. The molecule has 0 fully saturated rings. The molecule has 1 rings (SSSR count). The van der Waals surface area contributed by atoms with Gasteiger partial charge in [-0.15, -0.1) is 0 Å². The number of hydrogen-bond donors (Lipinski definition) is 1. The summed E-state index contributed by atoms with van der Waals surface area (Å²) in [5, 5.41) is 4.26. The van der Waals surface area contributed by atoms with Crippen molar-refractivity contribution < 1.29 is 0 Å². The highest BCUT2D eigenvalue weighted by Gasteiger charge is 2.21. The number of aryl methyl sites for hydroxylation is 1. The molecule has 1 unspecified atom stereocenters. The van der Waals surface area contributed by atoms with Crippen LogP contribution in [-0.4, -0.2) is 16.3 Å². The summed E-state index contributed by atoms with van der Waals surface area (Å²) in [5.41, 5.74) is 7.29. The van der Waals surface area contributed by atoms with Crippen LogP contribution in [0.1, 0.15) is 32.8 Å². The molecule has 1 aromatic rings. The molecule has 0 amide bonds. The molecule has 0 aliphatic rings. The van der Waals surface area contributed by atoms with Gasteiger partial charge in [-0.05, 0) is 37.3 Å². The monoisotopic (exact) mass is 195 g/mol. The highest BCUT2D eigenvalue weighted by molar-refractivity contribution is 5.07. The molecule has 1 heterocycles. The number of nitrogens with two attached hydrogens (primary N) is 1. The van der Waals surface area contributed by atoms with Gasteiger partial charge in [0.1, 0.15) is 0 Å². The maximum absolute atomic E-state index is 5.78. The largest absolute Gasteiger partial charge is 0.330 e. The summed E-state index contributed by atoms with van der Waals surface area (Å²) in [6.45, 7) is 8.19. The van der Waals surface area contributed by atoms with E-state index >= 15 is 0 Å². The van der Waals surface area contributed by atoms with Crippen LogP contribution < -0.4 is 5.73 Å². The Hall–Kier alpha value is -0.830. The van der Waals surface area contributed by atoms with Gasteiger partial charge in [0.2, 0.25) is 0 Å². The first kappa shape index (κ1) is 11.2. The van der Waals surface area contributed by atoms with E-state index in [4.69, 9.17) is 5.73 Å². The zero-order valence-electron chi connectivity index (χ0n) is 9.45. The van der Waals surface area contributed by atoms with E-state index in [1.54, 1.807) is 0 Å². The van der Waals surface area contributed by atoms with Crippen molar-refractivity contribution in [2.24, 2.45) is 11.1 Å². The van der Waals surface area contributed by atoms with Crippen LogP contribution in [0.3, 0.4) is 0 Å². The molecule has 3 heteroatoms. The van der Waals surface area contributed by atoms with Gasteiger partial charge >= 0.3 is 0 Å². The highest BCUT2D eigenvalue weighted by atomic mass is 15.3. The maximum Gasteiger partial charge on any atom is 0.0521 e. The van der Waals surface area contributed by atoms with Crippen LogP contribution in [0.5, 0.6) is 0 Å². The van der Waals surface area contributed by atoms with Crippen LogP contribution in [0.2, 0.25) is 0 Å². The number of rotatable bonds is 5. The van der Waals surface area contributed by atoms with Gasteiger partial charge < -0.3 is 5.73 Å². The molecule has 0 aliphatic carbocycles. The first-order valence-electron chi connectivity index (χ1n) is 5.35. The molecule has 0 saturated carbocycles. The predicted octanol–water partition coefficient (Wildman–Crippen LogP) is 1.82. The summed E-state index contributed by atoms with van der Waals surface area (Å²) >= 11 is 0. The second kappa shape index (κ2) is 4.60. The van der Waals surface area contributed by atoms with E-state index in [1.807, 2.05) is 10.9 Å². The normalized spacial score (nSPS) is 15.4. The van der Waals surface area contributed by atoms with Crippen LogP contribution in [0, 0.1) is 5.41 Å². The number of nitrogens with zero attached hydrogens (tertiary/aromatic N) is 2. The van der Waals surface area contributed by atoms with Crippen molar-refractivity contribution in [2.75, 3.05) is 6.54 Å². The van der Waals surface area contributed by atoms with E-state index < -0.39 is 0 Å². The Morgan fingerprint density at radius 2 is 2.21 bits per heavy atom. The van der Waals surface area contributed by atoms with E-state index in [-0.39, 0.29) is 5.41 Å². The summed E-state index contributed by atoms with van der Waals surface area (Å²) in [6.07, 6.45) is 6.21. The molecule has 0 radical (unpaired) electrons. The van der Waals surface area contributed by atoms with Crippen molar-refractivity contribution in [1.29, 1.82) is 0 Å². The topological polar surface area (TPSA) is 43.8 Å². The smallest absolute Gasteiger partial charge is 0.0521 e. The summed E-state index contributed by atoms with van der Waals surface area (Å²) < 4.78 is 1.96. The molecule has 1 atom stereocenters. The minimum atomic E-state index is 0.224. The van der Waals surface area contributed by atoms with Gasteiger partial charge in [-0.1, -0.05) is 13.8 Å². The Labute approximate surface area is 86.3 Å². The van der Waals surface area contributed by atoms with Gasteiger partial charge in [0.15, 0.2) is 0 Å². The first-order chi connectivity index (χ1) is 6.63. The van der Waals surface area contributed by atoms with Crippen molar-refractivity contribution in [3.63, 3.8) is 0 Å². The average molecular weight is 195 g/mol. The SMILES string of the molecule is CCn1cc(CC(C)(CC)CN)cn1. The summed E-state index contributed by atoms with van der Waals surface area (Å²) in [5.74, 6) is 0. The van der Waals surface area contributed by atoms with Crippen molar-refractivity contribution in [2.45, 2.75) is 40.2 Å². The number of aromatic nitrogens is 2. The zero-order valence-corrected chi connectivity index (χ0v) is 9.45. The average Bonchev–Trinajstić information content (AvgIpc) is 2.65. The molecule has 14 heavy (non-hydrogen) atoms. The van der Waals surface area contributed by atoms with Gasteiger partial charge in [-0.2, -0.15) is 5.10 Å². The van der Waals surface area contributed by atoms with Crippen molar-refractivity contribution in [3.05, 3.63) is 18.0 Å². The summed E-state index contributed by atoms with van der Waals surface area (Å²) in [4.78, 5) is 0. The van der Waals surface area contributed by atoms with Crippen LogP contribution in [-0.2, 0) is 13.0 Å². The van der Waals surface area contributed by atoms with Gasteiger partial charge in [-0.25, -0.2) is 0 Å². The molecule has 0 aliphatic heterocycles. The first-order valence-corrected chi connectivity index (χ1v) is 5.35. The third kappa shape index (κ3) is 2.58. The van der Waals surface area contributed by atoms with E-state index in [1.165, 1.54) is 5.56 Å². The molecule has 2 N–H and O–H groups in total. The lowest BCUT2D eigenvalue weighted by Gasteiger charge is -2.25. The predicted molar refractivity (Wildman–Crippen MR) is 59.1 cm³/mol. The lowest BCUT2D eigenvalue weighted by atomic mass is 9.82. The number of hydrogen-bond acceptors (Lipinski definition) is 2. The Kier molecular flexibility index (Phi) is 3.69. The minimum Gasteiger partial charge on any atom is -0.330 e. The second-order valence-corrected chi connectivity index (χ2v) is 4.25. The molecule has 0 spiro atoms. The van der Waals surface area contributed by atoms with Gasteiger partial charge in [-0.3, -0.25) is 4.68 Å². The van der Waals surface area contributed by atoms with Crippen LogP contribution in [0.4, 0.5) is 0 Å². The summed E-state index contributed by atoms with van der Waals surface area (Å²) in [7, 11) is 0. The van der Waals surface area contributed by atoms with Crippen LogP contribution >= 0.6 is 0 Å². The lowest BCUT2D eigenvalue weighted by molar-refractivity contribution is 0.320. The molecule has 0 saturated heterocycles. The van der Waals surface area contributed by atoms with Gasteiger partial charge in [0.05, 0.1) is 6.20 Å². The molecule has 80 valence electrons. The standard InChI is InChI=1S/C11H21N3/c1-4-11(3,9-12)6-10-7-13-14(5-2)8-10/h7-8H,4-6,9,12H2,1-3H3. The quantitative estimate of drug-likeness (QED) is 0.779. The lowest BCUT2D eigenvalue weighted by Crippen LogP contribution is -2.28. The molecular weight excluding hydrogens is 174 g/mol. The van der Waals surface area contributed by atoms with Gasteiger partial charge in [0, 0.05) is 12.7 Å². The Bertz CT molecular complexity index is 274. The fourth-order valence-electron chi connectivity index (χ4n) is 1.50. The fraction of sp³-hybridized carbons (Fsp3) is 0.727. The minimum absolute atomic E-state index is 0.224. The molecule has 3 nitrogen and oxygen atoms in total. The van der Waals surface area contributed by atoms with Gasteiger partial charge in [0.25, 0.3) is 0 Å². The molecular formula is C11H21N3. The molecule has 0 aromatic carbocycles. The Morgan fingerprint density at radius 3 is 2.64 bits per heavy atom. The van der Waals surface area contributed by atoms with E-state index in [0.717, 1.165) is 25.9 Å². The van der Waals surface area contributed by atoms with Crippen LogP contribution in [0.15, 0.2) is 12.4 Å². The fourth-order valence-corrected chi connectivity index (χ4v) is 1.50.